The van der Waals surface area contributed by atoms with Crippen LogP contribution in [-0.4, -0.2) is 52.4 Å². The summed E-state index contributed by atoms with van der Waals surface area (Å²) in [6.45, 7) is 6.40. The van der Waals surface area contributed by atoms with Gasteiger partial charge in [0, 0.05) is 43.4 Å². The molecular weight excluding hydrogens is 286 g/mol. The number of morpholine rings is 1. The van der Waals surface area contributed by atoms with Crippen LogP contribution in [0.1, 0.15) is 9.88 Å². The lowest BCUT2D eigenvalue weighted by Crippen LogP contribution is -2.44. The summed E-state index contributed by atoms with van der Waals surface area (Å²) in [5, 5.41) is 12.3. The number of anilines is 1. The van der Waals surface area contributed by atoms with Gasteiger partial charge in [-0.05, 0) is 19.1 Å². The van der Waals surface area contributed by atoms with Gasteiger partial charge in [0.2, 0.25) is 0 Å². The van der Waals surface area contributed by atoms with E-state index < -0.39 is 0 Å². The number of hydrogen-bond acceptors (Lipinski definition) is 7. The summed E-state index contributed by atoms with van der Waals surface area (Å²) in [4.78, 5) is 8.04. The molecule has 1 aliphatic heterocycles. The molecule has 0 aliphatic carbocycles. The fourth-order valence-corrected chi connectivity index (χ4v) is 3.20. The van der Waals surface area contributed by atoms with Crippen LogP contribution in [0.5, 0.6) is 0 Å². The minimum absolute atomic E-state index is 0.176. The molecule has 0 radical (unpaired) electrons. The first kappa shape index (κ1) is 14.4. The summed E-state index contributed by atoms with van der Waals surface area (Å²) >= 11 is 1.77. The molecule has 1 atom stereocenters. The maximum Gasteiger partial charge on any atom is 0.148 e. The molecule has 1 saturated heterocycles. The van der Waals surface area contributed by atoms with Crippen LogP contribution in [-0.2, 0) is 11.3 Å². The molecule has 0 saturated carbocycles. The van der Waals surface area contributed by atoms with Gasteiger partial charge in [0.1, 0.15) is 5.82 Å². The van der Waals surface area contributed by atoms with Gasteiger partial charge in [0.15, 0.2) is 0 Å². The molecular formula is C14H19N5OS. The van der Waals surface area contributed by atoms with Crippen LogP contribution in [0.15, 0.2) is 24.5 Å². The molecule has 0 aromatic carbocycles. The minimum Gasteiger partial charge on any atom is -0.374 e. The molecule has 1 N–H and O–H groups in total. The number of nitrogens with one attached hydrogen (secondary N) is 1. The Bertz CT molecular complexity index is 562. The average Bonchev–Trinajstić information content (AvgIpc) is 2.92. The number of ether oxygens (including phenoxy) is 1. The molecule has 6 nitrogen and oxygen atoms in total. The second-order valence-corrected chi connectivity index (χ2v) is 6.38. The predicted molar refractivity (Wildman–Crippen MR) is 82.4 cm³/mol. The van der Waals surface area contributed by atoms with E-state index in [1.165, 1.54) is 4.88 Å². The van der Waals surface area contributed by atoms with Crippen molar-refractivity contribution in [3.05, 3.63) is 34.4 Å². The van der Waals surface area contributed by atoms with E-state index >= 15 is 0 Å². The molecule has 3 rings (SSSR count). The molecule has 0 amide bonds. The number of aromatic nitrogens is 3. The second kappa shape index (κ2) is 6.93. The predicted octanol–water partition coefficient (Wildman–Crippen LogP) is 1.55. The van der Waals surface area contributed by atoms with E-state index in [0.717, 1.165) is 43.6 Å². The highest BCUT2D eigenvalue weighted by atomic mass is 32.1. The zero-order valence-corrected chi connectivity index (χ0v) is 12.8. The van der Waals surface area contributed by atoms with Gasteiger partial charge in [-0.15, -0.1) is 16.4 Å². The molecule has 2 aromatic rings. The maximum absolute atomic E-state index is 5.81. The summed E-state index contributed by atoms with van der Waals surface area (Å²) in [6.07, 6.45) is 3.82. The van der Waals surface area contributed by atoms with Gasteiger partial charge in [-0.25, -0.2) is 4.98 Å². The topological polar surface area (TPSA) is 63.2 Å². The smallest absolute Gasteiger partial charge is 0.148 e. The first-order valence-corrected chi connectivity index (χ1v) is 7.88. The summed E-state index contributed by atoms with van der Waals surface area (Å²) in [5.74, 6) is 0.788. The molecule has 1 fully saturated rings. The van der Waals surface area contributed by atoms with Crippen molar-refractivity contribution >= 4 is 17.2 Å². The van der Waals surface area contributed by atoms with E-state index in [9.17, 15) is 0 Å². The number of rotatable bonds is 5. The lowest BCUT2D eigenvalue weighted by atomic mass is 10.2. The van der Waals surface area contributed by atoms with Crippen molar-refractivity contribution in [3.8, 4) is 0 Å². The average molecular weight is 305 g/mol. The molecule has 0 unspecified atom stereocenters. The highest BCUT2D eigenvalue weighted by Gasteiger charge is 2.21. The van der Waals surface area contributed by atoms with Crippen LogP contribution in [0.2, 0.25) is 0 Å². The number of hydrogen-bond donors (Lipinski definition) is 1. The minimum atomic E-state index is 0.176. The van der Waals surface area contributed by atoms with Gasteiger partial charge in [0.25, 0.3) is 0 Å². The van der Waals surface area contributed by atoms with E-state index in [4.69, 9.17) is 4.74 Å². The Balaban J connectivity index is 1.49. The Hall–Kier alpha value is -1.57. The lowest BCUT2D eigenvalue weighted by Gasteiger charge is -2.32. The molecule has 3 heterocycles. The summed E-state index contributed by atoms with van der Waals surface area (Å²) in [7, 11) is 0. The zero-order valence-electron chi connectivity index (χ0n) is 12.0. The van der Waals surface area contributed by atoms with Gasteiger partial charge in [0.05, 0.1) is 17.7 Å². The summed E-state index contributed by atoms with van der Waals surface area (Å²) < 4.78 is 5.81. The van der Waals surface area contributed by atoms with E-state index in [1.807, 2.05) is 25.3 Å². The third-order valence-electron chi connectivity index (χ3n) is 3.35. The van der Waals surface area contributed by atoms with Crippen LogP contribution < -0.4 is 5.32 Å². The number of thiazole rings is 1. The first-order chi connectivity index (χ1) is 10.3. The molecule has 2 aromatic heterocycles. The van der Waals surface area contributed by atoms with Crippen LogP contribution in [0.3, 0.4) is 0 Å². The highest BCUT2D eigenvalue weighted by Crippen LogP contribution is 2.16. The van der Waals surface area contributed by atoms with Crippen molar-refractivity contribution in [2.75, 3.05) is 31.6 Å². The van der Waals surface area contributed by atoms with E-state index in [-0.39, 0.29) is 6.10 Å². The van der Waals surface area contributed by atoms with Gasteiger partial charge in [-0.2, -0.15) is 5.10 Å². The Morgan fingerprint density at radius 1 is 1.52 bits per heavy atom. The third kappa shape index (κ3) is 4.20. The molecule has 21 heavy (non-hydrogen) atoms. The van der Waals surface area contributed by atoms with E-state index in [1.54, 1.807) is 17.5 Å². The summed E-state index contributed by atoms with van der Waals surface area (Å²) in [6, 6.07) is 3.78. The third-order valence-corrected chi connectivity index (χ3v) is 4.25. The molecule has 0 spiro atoms. The summed E-state index contributed by atoms with van der Waals surface area (Å²) in [5.41, 5.74) is 0. The van der Waals surface area contributed by atoms with Crippen LogP contribution in [0.4, 0.5) is 5.82 Å². The lowest BCUT2D eigenvalue weighted by molar-refractivity contribution is -0.0237. The zero-order chi connectivity index (χ0) is 14.5. The standard InChI is InChI=1S/C14H19N5OS/c1-11-15-8-13(21-11)10-19-5-6-20-12(9-19)7-16-14-3-2-4-17-18-14/h2-4,8,12H,5-7,9-10H2,1H3,(H,16,18)/t12-/m0/s1. The van der Waals surface area contributed by atoms with Crippen molar-refractivity contribution < 1.29 is 4.74 Å². The second-order valence-electron chi connectivity index (χ2n) is 5.06. The monoisotopic (exact) mass is 305 g/mol. The van der Waals surface area contributed by atoms with Crippen LogP contribution in [0.25, 0.3) is 0 Å². The highest BCUT2D eigenvalue weighted by molar-refractivity contribution is 7.11. The van der Waals surface area contributed by atoms with Crippen molar-refractivity contribution in [2.24, 2.45) is 0 Å². The van der Waals surface area contributed by atoms with Gasteiger partial charge in [-0.3, -0.25) is 4.90 Å². The van der Waals surface area contributed by atoms with Crippen molar-refractivity contribution in [3.63, 3.8) is 0 Å². The van der Waals surface area contributed by atoms with Crippen LogP contribution >= 0.6 is 11.3 Å². The Morgan fingerprint density at radius 2 is 2.48 bits per heavy atom. The number of nitrogens with zero attached hydrogens (tertiary/aromatic N) is 4. The van der Waals surface area contributed by atoms with Gasteiger partial charge >= 0.3 is 0 Å². The van der Waals surface area contributed by atoms with E-state index in [2.05, 4.69) is 25.4 Å². The Labute approximate surface area is 128 Å². The first-order valence-electron chi connectivity index (χ1n) is 7.06. The van der Waals surface area contributed by atoms with Crippen molar-refractivity contribution in [2.45, 2.75) is 19.6 Å². The fourth-order valence-electron chi connectivity index (χ4n) is 2.36. The molecule has 7 heteroatoms. The molecule has 0 bridgehead atoms. The maximum atomic E-state index is 5.81. The van der Waals surface area contributed by atoms with Crippen molar-refractivity contribution in [1.82, 2.24) is 20.1 Å². The van der Waals surface area contributed by atoms with Crippen molar-refractivity contribution in [1.29, 1.82) is 0 Å². The van der Waals surface area contributed by atoms with Crippen LogP contribution in [0, 0.1) is 6.92 Å². The largest absolute Gasteiger partial charge is 0.374 e. The molecule has 112 valence electrons. The van der Waals surface area contributed by atoms with E-state index in [0.29, 0.717) is 0 Å². The SMILES string of the molecule is Cc1ncc(CN2CCO[C@@H](CNc3cccnn3)C2)s1. The van der Waals surface area contributed by atoms with Gasteiger partial charge < -0.3 is 10.1 Å². The Kier molecular flexibility index (Phi) is 4.74. The normalized spacial score (nSPS) is 19.6. The quantitative estimate of drug-likeness (QED) is 0.904. The fraction of sp³-hybridized carbons (Fsp3) is 0.500. The van der Waals surface area contributed by atoms with Gasteiger partial charge in [-0.1, -0.05) is 0 Å². The number of aryl methyl sites for hydroxylation is 1. The molecule has 1 aliphatic rings. The Morgan fingerprint density at radius 3 is 3.24 bits per heavy atom.